The summed E-state index contributed by atoms with van der Waals surface area (Å²) in [6.07, 6.45) is -0.740. The minimum absolute atomic E-state index is 0.00586. The zero-order valence-electron chi connectivity index (χ0n) is 16.8. The third-order valence-electron chi connectivity index (χ3n) is 5.07. The maximum absolute atomic E-state index is 12.4. The second kappa shape index (κ2) is 8.91. The van der Waals surface area contributed by atoms with E-state index in [1.54, 1.807) is 6.92 Å². The van der Waals surface area contributed by atoms with Gasteiger partial charge in [-0.1, -0.05) is 30.0 Å². The number of ether oxygens (including phenoxy) is 1. The molecule has 0 saturated carbocycles. The van der Waals surface area contributed by atoms with Crippen molar-refractivity contribution in [2.75, 3.05) is 13.2 Å². The van der Waals surface area contributed by atoms with E-state index in [1.807, 2.05) is 40.3 Å². The molecular formula is C20H22F3N5O2S. The van der Waals surface area contributed by atoms with Crippen molar-refractivity contribution in [3.8, 4) is 11.4 Å². The second-order valence-electron chi connectivity index (χ2n) is 7.39. The average Bonchev–Trinajstić information content (AvgIpc) is 3.47. The minimum atomic E-state index is -4.46. The number of para-hydroxylation sites is 1. The molecule has 11 heteroatoms. The Kier molecular flexibility index (Phi) is 6.24. The van der Waals surface area contributed by atoms with E-state index in [4.69, 9.17) is 4.74 Å². The number of benzene rings is 1. The molecule has 1 aromatic carbocycles. The molecule has 1 aliphatic rings. The zero-order chi connectivity index (χ0) is 22.0. The summed E-state index contributed by atoms with van der Waals surface area (Å²) in [4.78, 5) is 15.4. The average molecular weight is 453 g/mol. The molecule has 7 nitrogen and oxygen atoms in total. The van der Waals surface area contributed by atoms with Gasteiger partial charge in [0.1, 0.15) is 6.54 Å². The molecule has 1 saturated heterocycles. The number of thioether (sulfide) groups is 1. The van der Waals surface area contributed by atoms with Crippen LogP contribution in [0.2, 0.25) is 0 Å². The molecule has 2 N–H and O–H groups in total. The lowest BCUT2D eigenvalue weighted by Gasteiger charge is -2.16. The van der Waals surface area contributed by atoms with Gasteiger partial charge in [-0.2, -0.15) is 13.2 Å². The molecule has 0 bridgehead atoms. The van der Waals surface area contributed by atoms with E-state index in [0.717, 1.165) is 41.1 Å². The number of rotatable bonds is 7. The van der Waals surface area contributed by atoms with Gasteiger partial charge in [0.25, 0.3) is 0 Å². The van der Waals surface area contributed by atoms with Gasteiger partial charge in [-0.05, 0) is 25.8 Å². The van der Waals surface area contributed by atoms with Crippen molar-refractivity contribution in [2.24, 2.45) is 0 Å². The van der Waals surface area contributed by atoms with Crippen LogP contribution in [0.4, 0.5) is 13.2 Å². The fourth-order valence-electron chi connectivity index (χ4n) is 3.53. The number of halogens is 3. The fraction of sp³-hybridized carbons (Fsp3) is 0.450. The first kappa shape index (κ1) is 21.7. The smallest absolute Gasteiger partial charge is 0.376 e. The normalized spacial score (nSPS) is 17.9. The van der Waals surface area contributed by atoms with Crippen LogP contribution in [0.25, 0.3) is 22.3 Å². The van der Waals surface area contributed by atoms with Crippen LogP contribution in [-0.2, 0) is 16.1 Å². The van der Waals surface area contributed by atoms with Gasteiger partial charge in [-0.3, -0.25) is 9.36 Å². The van der Waals surface area contributed by atoms with Crippen molar-refractivity contribution in [1.29, 1.82) is 0 Å². The SMILES string of the molecule is CC(Sc1nnc(-c2c[nH]c3ccccc23)n1CC1CCCO1)C(=O)NCC(F)(F)F. The van der Waals surface area contributed by atoms with E-state index in [1.165, 1.54) is 0 Å². The van der Waals surface area contributed by atoms with E-state index in [0.29, 0.717) is 24.1 Å². The minimum Gasteiger partial charge on any atom is -0.376 e. The molecule has 2 aromatic heterocycles. The van der Waals surface area contributed by atoms with Crippen LogP contribution in [0.5, 0.6) is 0 Å². The summed E-state index contributed by atoms with van der Waals surface area (Å²) in [5.41, 5.74) is 1.82. The monoisotopic (exact) mass is 453 g/mol. The number of carbonyl (C=O) groups is 1. The topological polar surface area (TPSA) is 84.8 Å². The van der Waals surface area contributed by atoms with E-state index in [2.05, 4.69) is 15.2 Å². The van der Waals surface area contributed by atoms with Gasteiger partial charge in [0.2, 0.25) is 5.91 Å². The number of alkyl halides is 3. The number of hydrogen-bond acceptors (Lipinski definition) is 5. The number of H-pyrrole nitrogens is 1. The van der Waals surface area contributed by atoms with Gasteiger partial charge in [-0.25, -0.2) is 0 Å². The van der Waals surface area contributed by atoms with E-state index in [-0.39, 0.29) is 6.10 Å². The highest BCUT2D eigenvalue weighted by Gasteiger charge is 2.30. The number of hydrogen-bond donors (Lipinski definition) is 2. The predicted molar refractivity (Wildman–Crippen MR) is 111 cm³/mol. The predicted octanol–water partition coefficient (Wildman–Crippen LogP) is 3.76. The molecule has 3 aromatic rings. The summed E-state index contributed by atoms with van der Waals surface area (Å²) < 4.78 is 44.9. The molecule has 0 aliphatic carbocycles. The summed E-state index contributed by atoms with van der Waals surface area (Å²) in [7, 11) is 0. The van der Waals surface area contributed by atoms with E-state index >= 15 is 0 Å². The first-order valence-electron chi connectivity index (χ1n) is 9.94. The van der Waals surface area contributed by atoms with Gasteiger partial charge in [-0.15, -0.1) is 10.2 Å². The van der Waals surface area contributed by atoms with Gasteiger partial charge >= 0.3 is 6.18 Å². The number of amides is 1. The summed E-state index contributed by atoms with van der Waals surface area (Å²) in [5.74, 6) is -0.0824. The third kappa shape index (κ3) is 5.04. The van der Waals surface area contributed by atoms with Crippen molar-refractivity contribution < 1.29 is 22.7 Å². The Labute approximate surface area is 180 Å². The quantitative estimate of drug-likeness (QED) is 0.532. The number of fused-ring (bicyclic) bond motifs is 1. The van der Waals surface area contributed by atoms with Gasteiger partial charge in [0, 0.05) is 29.3 Å². The van der Waals surface area contributed by atoms with Crippen LogP contribution in [0, 0.1) is 0 Å². The summed E-state index contributed by atoms with van der Waals surface area (Å²) in [6, 6.07) is 7.81. The Morgan fingerprint density at radius 1 is 1.39 bits per heavy atom. The molecule has 2 atom stereocenters. The lowest BCUT2D eigenvalue weighted by Crippen LogP contribution is -2.38. The Balaban J connectivity index is 1.61. The van der Waals surface area contributed by atoms with Crippen molar-refractivity contribution >= 4 is 28.6 Å². The Hall–Kier alpha value is -2.53. The standard InChI is InChI=1S/C20H22F3N5O2S/c1-12(18(29)25-11-20(21,22)23)31-19-27-26-17(28(19)10-13-5-4-8-30-13)15-9-24-16-7-3-2-6-14(15)16/h2-3,6-7,9,12-13,24H,4-5,8,10-11H2,1H3,(H,25,29). The Morgan fingerprint density at radius 2 is 2.19 bits per heavy atom. The molecule has 2 unspecified atom stereocenters. The van der Waals surface area contributed by atoms with Crippen molar-refractivity contribution in [2.45, 2.75) is 49.0 Å². The lowest BCUT2D eigenvalue weighted by atomic mass is 10.1. The maximum atomic E-state index is 12.4. The maximum Gasteiger partial charge on any atom is 0.405 e. The highest BCUT2D eigenvalue weighted by atomic mass is 32.2. The summed E-state index contributed by atoms with van der Waals surface area (Å²) >= 11 is 1.08. The largest absolute Gasteiger partial charge is 0.405 e. The van der Waals surface area contributed by atoms with Crippen LogP contribution >= 0.6 is 11.8 Å². The third-order valence-corrected chi connectivity index (χ3v) is 6.15. The fourth-order valence-corrected chi connectivity index (χ4v) is 4.41. The summed E-state index contributed by atoms with van der Waals surface area (Å²) in [5, 5.41) is 11.2. The van der Waals surface area contributed by atoms with Crippen LogP contribution in [0.1, 0.15) is 19.8 Å². The highest BCUT2D eigenvalue weighted by molar-refractivity contribution is 8.00. The van der Waals surface area contributed by atoms with Crippen molar-refractivity contribution in [3.05, 3.63) is 30.5 Å². The molecular weight excluding hydrogens is 431 g/mol. The number of aromatic amines is 1. The van der Waals surface area contributed by atoms with Crippen LogP contribution in [0.3, 0.4) is 0 Å². The molecule has 31 heavy (non-hydrogen) atoms. The number of nitrogens with one attached hydrogen (secondary N) is 2. The zero-order valence-corrected chi connectivity index (χ0v) is 17.6. The number of aromatic nitrogens is 4. The molecule has 0 spiro atoms. The van der Waals surface area contributed by atoms with Gasteiger partial charge in [0.05, 0.1) is 17.9 Å². The van der Waals surface area contributed by atoms with Crippen molar-refractivity contribution in [1.82, 2.24) is 25.1 Å². The van der Waals surface area contributed by atoms with E-state index in [9.17, 15) is 18.0 Å². The van der Waals surface area contributed by atoms with Gasteiger partial charge < -0.3 is 15.0 Å². The first-order valence-corrected chi connectivity index (χ1v) is 10.8. The van der Waals surface area contributed by atoms with Crippen LogP contribution in [0.15, 0.2) is 35.6 Å². The lowest BCUT2D eigenvalue weighted by molar-refractivity contribution is -0.137. The Morgan fingerprint density at radius 3 is 2.94 bits per heavy atom. The van der Waals surface area contributed by atoms with Gasteiger partial charge in [0.15, 0.2) is 11.0 Å². The second-order valence-corrected chi connectivity index (χ2v) is 8.70. The molecule has 3 heterocycles. The molecule has 166 valence electrons. The summed E-state index contributed by atoms with van der Waals surface area (Å²) in [6.45, 7) is 1.38. The molecule has 1 amide bonds. The number of nitrogens with zero attached hydrogens (tertiary/aromatic N) is 3. The Bertz CT molecular complexity index is 1060. The van der Waals surface area contributed by atoms with Crippen LogP contribution < -0.4 is 5.32 Å². The molecule has 4 rings (SSSR count). The van der Waals surface area contributed by atoms with Crippen LogP contribution in [-0.4, -0.2) is 56.3 Å². The highest BCUT2D eigenvalue weighted by Crippen LogP contribution is 2.32. The first-order chi connectivity index (χ1) is 14.8. The molecule has 1 aliphatic heterocycles. The molecule has 0 radical (unpaired) electrons. The van der Waals surface area contributed by atoms with Crippen molar-refractivity contribution in [3.63, 3.8) is 0 Å². The van der Waals surface area contributed by atoms with E-state index < -0.39 is 23.9 Å². The number of carbonyl (C=O) groups excluding carboxylic acids is 1. The molecule has 1 fully saturated rings.